The van der Waals surface area contributed by atoms with Gasteiger partial charge in [0.25, 0.3) is 5.91 Å². The Balaban J connectivity index is 1.68. The van der Waals surface area contributed by atoms with Gasteiger partial charge in [0, 0.05) is 30.8 Å². The summed E-state index contributed by atoms with van der Waals surface area (Å²) in [5.41, 5.74) is 7.31. The van der Waals surface area contributed by atoms with E-state index in [-0.39, 0.29) is 17.5 Å². The normalized spacial score (nSPS) is 24.6. The van der Waals surface area contributed by atoms with Crippen molar-refractivity contribution in [3.63, 3.8) is 0 Å². The molecule has 2 aliphatic heterocycles. The summed E-state index contributed by atoms with van der Waals surface area (Å²) in [4.78, 5) is 23.8. The van der Waals surface area contributed by atoms with Crippen molar-refractivity contribution in [3.05, 3.63) is 42.2 Å². The van der Waals surface area contributed by atoms with E-state index in [2.05, 4.69) is 4.98 Å². The summed E-state index contributed by atoms with van der Waals surface area (Å²) in [6.45, 7) is 0. The number of aromatic nitrogens is 1. The zero-order valence-electron chi connectivity index (χ0n) is 16.6. The highest BCUT2D eigenvalue weighted by Crippen LogP contribution is 2.54. The molecule has 1 amide bonds. The molecule has 5 rings (SSSR count). The number of hydrogen-bond acceptors (Lipinski definition) is 6. The predicted octanol–water partition coefficient (Wildman–Crippen LogP) is 2.83. The summed E-state index contributed by atoms with van der Waals surface area (Å²) < 4.78 is 11.8. The minimum atomic E-state index is -1.03. The highest BCUT2D eigenvalue weighted by Gasteiger charge is 2.58. The molecule has 0 saturated heterocycles. The number of hydrogen-bond donors (Lipinski definition) is 1. The Hall–Kier alpha value is -3.09. The minimum Gasteiger partial charge on any atom is -0.495 e. The Morgan fingerprint density at radius 1 is 1.17 bits per heavy atom. The molecule has 1 aromatic carbocycles. The van der Waals surface area contributed by atoms with Gasteiger partial charge in [0.1, 0.15) is 17.1 Å². The lowest BCUT2D eigenvalue weighted by molar-refractivity contribution is -0.134. The zero-order chi connectivity index (χ0) is 20.2. The number of carbonyl (C=O) groups is 1. The monoisotopic (exact) mass is 392 g/mol. The summed E-state index contributed by atoms with van der Waals surface area (Å²) in [6.07, 6.45) is 8.03. The van der Waals surface area contributed by atoms with Gasteiger partial charge in [-0.2, -0.15) is 0 Å². The maximum absolute atomic E-state index is 13.4. The lowest BCUT2D eigenvalue weighted by atomic mass is 9.75. The first kappa shape index (κ1) is 18.0. The van der Waals surface area contributed by atoms with Gasteiger partial charge in [-0.15, -0.1) is 0 Å². The fourth-order valence-corrected chi connectivity index (χ4v) is 4.93. The second-order valence-corrected chi connectivity index (χ2v) is 8.19. The van der Waals surface area contributed by atoms with Crippen LogP contribution in [0.25, 0.3) is 11.1 Å². The Morgan fingerprint density at radius 2 is 1.97 bits per heavy atom. The molecule has 29 heavy (non-hydrogen) atoms. The molecule has 1 fully saturated rings. The van der Waals surface area contributed by atoms with Crippen molar-refractivity contribution in [1.29, 1.82) is 0 Å². The van der Waals surface area contributed by atoms with E-state index in [9.17, 15) is 4.79 Å². The van der Waals surface area contributed by atoms with Crippen LogP contribution in [0.1, 0.15) is 37.7 Å². The Bertz CT molecular complexity index is 1030. The lowest BCUT2D eigenvalue weighted by Crippen LogP contribution is -2.50. The zero-order valence-corrected chi connectivity index (χ0v) is 16.6. The van der Waals surface area contributed by atoms with Crippen molar-refractivity contribution in [3.8, 4) is 22.6 Å². The van der Waals surface area contributed by atoms with Gasteiger partial charge in [-0.3, -0.25) is 14.7 Å². The summed E-state index contributed by atoms with van der Waals surface area (Å²) >= 11 is 0. The number of ether oxygens (including phenoxy) is 2. The van der Waals surface area contributed by atoms with Gasteiger partial charge in [0.15, 0.2) is 11.5 Å². The van der Waals surface area contributed by atoms with Crippen LogP contribution in [0.3, 0.4) is 0 Å². The quantitative estimate of drug-likeness (QED) is 0.849. The molecule has 3 heterocycles. The topological polar surface area (TPSA) is 90.0 Å². The van der Waals surface area contributed by atoms with E-state index in [4.69, 9.17) is 20.2 Å². The molecule has 1 aliphatic carbocycles. The van der Waals surface area contributed by atoms with Gasteiger partial charge in [-0.25, -0.2) is 4.99 Å². The van der Waals surface area contributed by atoms with E-state index >= 15 is 0 Å². The van der Waals surface area contributed by atoms with Gasteiger partial charge in [0.05, 0.1) is 13.3 Å². The molecule has 7 heteroatoms. The standard InChI is InChI=1S/C22H24N4O3/c1-26-19(27)22(25-20(26)23)13-21(7-3-4-8-21)29-18-6-5-14(10-17(18)22)15-9-16(28-2)12-24-11-15/h5-6,9-12H,3-4,7-8,13H2,1-2H3,(H2,23,25). The fraction of sp³-hybridized carbons (Fsp3) is 0.409. The number of pyridine rings is 1. The number of rotatable bonds is 2. The Morgan fingerprint density at radius 3 is 2.66 bits per heavy atom. The van der Waals surface area contributed by atoms with E-state index < -0.39 is 5.54 Å². The molecule has 1 atom stereocenters. The predicted molar refractivity (Wildman–Crippen MR) is 109 cm³/mol. The first-order chi connectivity index (χ1) is 14.0. The van der Waals surface area contributed by atoms with E-state index in [1.807, 2.05) is 24.3 Å². The molecular formula is C22H24N4O3. The van der Waals surface area contributed by atoms with Gasteiger partial charge < -0.3 is 15.2 Å². The Kier molecular flexibility index (Phi) is 3.84. The van der Waals surface area contributed by atoms with Crippen molar-refractivity contribution in [2.75, 3.05) is 14.2 Å². The van der Waals surface area contributed by atoms with Crippen molar-refractivity contribution >= 4 is 11.9 Å². The second kappa shape index (κ2) is 6.20. The van der Waals surface area contributed by atoms with Crippen LogP contribution >= 0.6 is 0 Å². The molecule has 0 bridgehead atoms. The van der Waals surface area contributed by atoms with Crippen molar-refractivity contribution in [2.45, 2.75) is 43.2 Å². The second-order valence-electron chi connectivity index (χ2n) is 8.19. The fourth-order valence-electron chi connectivity index (χ4n) is 4.93. The summed E-state index contributed by atoms with van der Waals surface area (Å²) in [6, 6.07) is 7.85. The average Bonchev–Trinajstić information content (AvgIpc) is 3.26. The van der Waals surface area contributed by atoms with E-state index in [1.165, 1.54) is 4.90 Å². The third-order valence-corrected chi connectivity index (χ3v) is 6.43. The molecule has 1 saturated carbocycles. The highest BCUT2D eigenvalue weighted by molar-refractivity contribution is 6.07. The molecule has 1 aromatic heterocycles. The Labute approximate surface area is 169 Å². The van der Waals surface area contributed by atoms with E-state index in [1.54, 1.807) is 26.6 Å². The van der Waals surface area contributed by atoms with Crippen LogP contribution in [0, 0.1) is 0 Å². The third kappa shape index (κ3) is 2.60. The molecule has 7 nitrogen and oxygen atoms in total. The largest absolute Gasteiger partial charge is 0.495 e. The number of methoxy groups -OCH3 is 1. The smallest absolute Gasteiger partial charge is 0.261 e. The maximum Gasteiger partial charge on any atom is 0.261 e. The molecule has 2 spiro atoms. The lowest BCUT2D eigenvalue weighted by Gasteiger charge is -2.43. The molecule has 2 aromatic rings. The summed E-state index contributed by atoms with van der Waals surface area (Å²) in [5.74, 6) is 1.56. The minimum absolute atomic E-state index is 0.0910. The van der Waals surface area contributed by atoms with Gasteiger partial charge >= 0.3 is 0 Å². The number of nitrogens with zero attached hydrogens (tertiary/aromatic N) is 3. The average molecular weight is 392 g/mol. The van der Waals surface area contributed by atoms with Crippen LogP contribution in [-0.2, 0) is 10.3 Å². The van der Waals surface area contributed by atoms with Crippen LogP contribution in [0.2, 0.25) is 0 Å². The number of fused-ring (bicyclic) bond motifs is 2. The summed E-state index contributed by atoms with van der Waals surface area (Å²) in [5, 5.41) is 0. The van der Waals surface area contributed by atoms with Gasteiger partial charge in [-0.1, -0.05) is 6.07 Å². The van der Waals surface area contributed by atoms with Gasteiger partial charge in [0.2, 0.25) is 0 Å². The number of nitrogens with two attached hydrogens (primary N) is 1. The SMILES string of the molecule is COc1cncc(-c2ccc3c(c2)C2(CC4(CCCC4)O3)N=C(N)N(C)C2=O)c1. The number of guanidine groups is 1. The first-order valence-electron chi connectivity index (χ1n) is 9.93. The number of likely N-dealkylation sites (N-methyl/N-ethyl adjacent to an activating group) is 1. The molecule has 0 radical (unpaired) electrons. The maximum atomic E-state index is 13.4. The van der Waals surface area contributed by atoms with Crippen molar-refractivity contribution in [1.82, 2.24) is 9.88 Å². The third-order valence-electron chi connectivity index (χ3n) is 6.43. The number of aliphatic imine (C=N–C) groups is 1. The number of benzene rings is 1. The molecule has 150 valence electrons. The highest BCUT2D eigenvalue weighted by atomic mass is 16.5. The van der Waals surface area contributed by atoms with Crippen LogP contribution in [0.5, 0.6) is 11.5 Å². The van der Waals surface area contributed by atoms with E-state index in [0.717, 1.165) is 48.1 Å². The van der Waals surface area contributed by atoms with Crippen LogP contribution < -0.4 is 15.2 Å². The van der Waals surface area contributed by atoms with Crippen LogP contribution in [0.15, 0.2) is 41.7 Å². The molecule has 2 N–H and O–H groups in total. The number of carbonyl (C=O) groups excluding carboxylic acids is 1. The molecule has 3 aliphatic rings. The number of amides is 1. The molecule has 1 unspecified atom stereocenters. The van der Waals surface area contributed by atoms with Gasteiger partial charge in [-0.05, 0) is 49.4 Å². The van der Waals surface area contributed by atoms with E-state index in [0.29, 0.717) is 12.2 Å². The van der Waals surface area contributed by atoms with Crippen molar-refractivity contribution in [2.24, 2.45) is 10.7 Å². The summed E-state index contributed by atoms with van der Waals surface area (Å²) in [7, 11) is 3.30. The van der Waals surface area contributed by atoms with Crippen LogP contribution in [0.4, 0.5) is 0 Å². The molecular weight excluding hydrogens is 368 g/mol. The van der Waals surface area contributed by atoms with Crippen molar-refractivity contribution < 1.29 is 14.3 Å². The van der Waals surface area contributed by atoms with Crippen LogP contribution in [-0.4, -0.2) is 41.5 Å². The first-order valence-corrected chi connectivity index (χ1v) is 9.93.